The molecule has 76 valence electrons. The minimum atomic E-state index is 0.513. The van der Waals surface area contributed by atoms with Crippen LogP contribution in [-0.2, 0) is 0 Å². The molecule has 15 heavy (non-hydrogen) atoms. The van der Waals surface area contributed by atoms with E-state index in [2.05, 4.69) is 9.97 Å². The maximum absolute atomic E-state index is 5.84. The first-order valence-electron chi connectivity index (χ1n) is 4.47. The second-order valence-corrected chi connectivity index (χ2v) is 4.49. The second-order valence-electron chi connectivity index (χ2n) is 3.04. The van der Waals surface area contributed by atoms with E-state index >= 15 is 0 Å². The van der Waals surface area contributed by atoms with Crippen LogP contribution in [0.15, 0.2) is 46.6 Å². The average molecular weight is 237 g/mol. The highest BCUT2D eigenvalue weighted by molar-refractivity contribution is 7.99. The van der Waals surface area contributed by atoms with E-state index in [4.69, 9.17) is 11.6 Å². The van der Waals surface area contributed by atoms with Gasteiger partial charge in [0.15, 0.2) is 0 Å². The zero-order valence-corrected chi connectivity index (χ0v) is 9.72. The minimum Gasteiger partial charge on any atom is -0.250 e. The standard InChI is InChI=1S/C11H9ClN2S/c1-8-7-14-10(12)6-9(8)15-11-4-2-3-5-13-11/h2-7H,1H3. The molecule has 0 aromatic carbocycles. The van der Waals surface area contributed by atoms with Crippen LogP contribution in [0.4, 0.5) is 0 Å². The highest BCUT2D eigenvalue weighted by Gasteiger charge is 2.03. The monoisotopic (exact) mass is 236 g/mol. The van der Waals surface area contributed by atoms with Gasteiger partial charge in [-0.05, 0) is 30.7 Å². The Morgan fingerprint density at radius 3 is 2.87 bits per heavy atom. The molecule has 0 saturated carbocycles. The molecule has 0 aliphatic rings. The molecule has 2 rings (SSSR count). The van der Waals surface area contributed by atoms with Crippen molar-refractivity contribution in [2.24, 2.45) is 0 Å². The van der Waals surface area contributed by atoms with Crippen LogP contribution in [0, 0.1) is 6.92 Å². The fourth-order valence-corrected chi connectivity index (χ4v) is 2.20. The van der Waals surface area contributed by atoms with E-state index in [1.165, 1.54) is 0 Å². The molecule has 4 heteroatoms. The first-order valence-corrected chi connectivity index (χ1v) is 5.66. The lowest BCUT2D eigenvalue weighted by atomic mass is 10.3. The summed E-state index contributed by atoms with van der Waals surface area (Å²) < 4.78 is 0. The molecule has 0 radical (unpaired) electrons. The summed E-state index contributed by atoms with van der Waals surface area (Å²) in [6, 6.07) is 7.69. The van der Waals surface area contributed by atoms with Crippen molar-refractivity contribution >= 4 is 23.4 Å². The highest BCUT2D eigenvalue weighted by Crippen LogP contribution is 2.29. The zero-order valence-electron chi connectivity index (χ0n) is 8.14. The van der Waals surface area contributed by atoms with Gasteiger partial charge in [0.1, 0.15) is 10.2 Å². The lowest BCUT2D eigenvalue weighted by molar-refractivity contribution is 1.12. The van der Waals surface area contributed by atoms with Crippen molar-refractivity contribution < 1.29 is 0 Å². The Bertz CT molecular complexity index is 459. The maximum atomic E-state index is 5.84. The summed E-state index contributed by atoms with van der Waals surface area (Å²) in [5.41, 5.74) is 1.11. The van der Waals surface area contributed by atoms with Gasteiger partial charge in [-0.2, -0.15) is 0 Å². The number of hydrogen-bond donors (Lipinski definition) is 0. The van der Waals surface area contributed by atoms with Crippen LogP contribution in [0.2, 0.25) is 5.15 Å². The van der Waals surface area contributed by atoms with Crippen LogP contribution in [0.3, 0.4) is 0 Å². The number of pyridine rings is 2. The van der Waals surface area contributed by atoms with Crippen molar-refractivity contribution in [2.75, 3.05) is 0 Å². The topological polar surface area (TPSA) is 25.8 Å². The maximum Gasteiger partial charge on any atom is 0.130 e. The van der Waals surface area contributed by atoms with Crippen molar-refractivity contribution in [1.29, 1.82) is 0 Å². The van der Waals surface area contributed by atoms with Crippen molar-refractivity contribution in [3.8, 4) is 0 Å². The number of aryl methyl sites for hydroxylation is 1. The first kappa shape index (κ1) is 10.5. The molecule has 0 aliphatic heterocycles. The molecule has 0 N–H and O–H groups in total. The van der Waals surface area contributed by atoms with Gasteiger partial charge >= 0.3 is 0 Å². The van der Waals surface area contributed by atoms with Crippen LogP contribution < -0.4 is 0 Å². The summed E-state index contributed by atoms with van der Waals surface area (Å²) in [4.78, 5) is 9.35. The van der Waals surface area contributed by atoms with Crippen molar-refractivity contribution in [2.45, 2.75) is 16.8 Å². The van der Waals surface area contributed by atoms with Crippen LogP contribution in [0.1, 0.15) is 5.56 Å². The average Bonchev–Trinajstić information content (AvgIpc) is 2.25. The van der Waals surface area contributed by atoms with Crippen molar-refractivity contribution in [3.05, 3.63) is 47.4 Å². The summed E-state index contributed by atoms with van der Waals surface area (Å²) in [7, 11) is 0. The summed E-state index contributed by atoms with van der Waals surface area (Å²) >= 11 is 7.43. The third-order valence-electron chi connectivity index (χ3n) is 1.87. The smallest absolute Gasteiger partial charge is 0.130 e. The Labute approximate surface area is 97.7 Å². The molecule has 2 heterocycles. The summed E-state index contributed by atoms with van der Waals surface area (Å²) in [6.45, 7) is 2.01. The van der Waals surface area contributed by atoms with Gasteiger partial charge in [0, 0.05) is 17.3 Å². The summed E-state index contributed by atoms with van der Waals surface area (Å²) in [5.74, 6) is 0. The van der Waals surface area contributed by atoms with Crippen LogP contribution in [0.5, 0.6) is 0 Å². The Kier molecular flexibility index (Phi) is 3.23. The lowest BCUT2D eigenvalue weighted by Crippen LogP contribution is -1.84. The molecule has 0 atom stereocenters. The molecule has 0 bridgehead atoms. The number of rotatable bonds is 2. The van der Waals surface area contributed by atoms with E-state index in [1.54, 1.807) is 24.2 Å². The SMILES string of the molecule is Cc1cnc(Cl)cc1Sc1ccccn1. The second kappa shape index (κ2) is 4.64. The number of nitrogens with zero attached hydrogens (tertiary/aromatic N) is 2. The van der Waals surface area contributed by atoms with E-state index in [0.29, 0.717) is 5.15 Å². The predicted octanol–water partition coefficient (Wildman–Crippen LogP) is 3.59. The van der Waals surface area contributed by atoms with Crippen molar-refractivity contribution in [1.82, 2.24) is 9.97 Å². The van der Waals surface area contributed by atoms with Gasteiger partial charge in [-0.15, -0.1) is 0 Å². The predicted molar refractivity (Wildman–Crippen MR) is 62.3 cm³/mol. The molecule has 2 aromatic rings. The molecule has 0 aliphatic carbocycles. The molecular weight excluding hydrogens is 228 g/mol. The molecule has 0 saturated heterocycles. The Morgan fingerprint density at radius 1 is 1.27 bits per heavy atom. The van der Waals surface area contributed by atoms with Crippen LogP contribution in [-0.4, -0.2) is 9.97 Å². The molecule has 2 aromatic heterocycles. The van der Waals surface area contributed by atoms with Gasteiger partial charge in [0.25, 0.3) is 0 Å². The number of halogens is 1. The van der Waals surface area contributed by atoms with Crippen LogP contribution in [0.25, 0.3) is 0 Å². The van der Waals surface area contributed by atoms with Gasteiger partial charge in [-0.25, -0.2) is 9.97 Å². The van der Waals surface area contributed by atoms with Gasteiger partial charge < -0.3 is 0 Å². The quantitative estimate of drug-likeness (QED) is 0.746. The van der Waals surface area contributed by atoms with Gasteiger partial charge in [-0.3, -0.25) is 0 Å². The normalized spacial score (nSPS) is 10.3. The van der Waals surface area contributed by atoms with Gasteiger partial charge in [0.2, 0.25) is 0 Å². The molecular formula is C11H9ClN2S. The van der Waals surface area contributed by atoms with Crippen molar-refractivity contribution in [3.63, 3.8) is 0 Å². The fraction of sp³-hybridized carbons (Fsp3) is 0.0909. The number of hydrogen-bond acceptors (Lipinski definition) is 3. The third kappa shape index (κ3) is 2.70. The van der Waals surface area contributed by atoms with Crippen LogP contribution >= 0.6 is 23.4 Å². The van der Waals surface area contributed by atoms with Gasteiger partial charge in [-0.1, -0.05) is 29.4 Å². The Morgan fingerprint density at radius 2 is 2.13 bits per heavy atom. The molecule has 0 unspecified atom stereocenters. The lowest BCUT2D eigenvalue weighted by Gasteiger charge is -2.04. The molecule has 0 spiro atoms. The fourth-order valence-electron chi connectivity index (χ4n) is 1.11. The van der Waals surface area contributed by atoms with E-state index in [0.717, 1.165) is 15.5 Å². The van der Waals surface area contributed by atoms with E-state index in [1.807, 2.05) is 31.2 Å². The highest BCUT2D eigenvalue weighted by atomic mass is 35.5. The summed E-state index contributed by atoms with van der Waals surface area (Å²) in [5, 5.41) is 1.47. The first-order chi connectivity index (χ1) is 7.25. The number of aromatic nitrogens is 2. The van der Waals surface area contributed by atoms with E-state index < -0.39 is 0 Å². The molecule has 0 fully saturated rings. The summed E-state index contributed by atoms with van der Waals surface area (Å²) in [6.07, 6.45) is 3.55. The van der Waals surface area contributed by atoms with Gasteiger partial charge in [0.05, 0.1) is 0 Å². The Hall–Kier alpha value is -1.06. The largest absolute Gasteiger partial charge is 0.250 e. The zero-order chi connectivity index (χ0) is 10.7. The molecule has 2 nitrogen and oxygen atoms in total. The minimum absolute atomic E-state index is 0.513. The Balaban J connectivity index is 2.28. The van der Waals surface area contributed by atoms with E-state index in [9.17, 15) is 0 Å². The van der Waals surface area contributed by atoms with E-state index in [-0.39, 0.29) is 0 Å². The molecule has 0 amide bonds. The third-order valence-corrected chi connectivity index (χ3v) is 3.19.